The molecule has 0 aliphatic carbocycles. The Kier molecular flexibility index (Phi) is 7.83. The molecule has 0 saturated heterocycles. The van der Waals surface area contributed by atoms with Crippen LogP contribution in [0.1, 0.15) is 0 Å². The minimum Gasteiger partial charge on any atom is -0.716 e. The molecule has 0 radical (unpaired) electrons. The third-order valence-electron chi connectivity index (χ3n) is 2.67. The van der Waals surface area contributed by atoms with E-state index in [4.69, 9.17) is 0 Å². The molecule has 1 N–H and O–H groups in total. The SMILES string of the molecule is CNCN=Nc1ccc(-c2ccc(OS(=O)(=O)[O-])cc2)cc1.[Na+]. The number of hydrogen-bond donors (Lipinski definition) is 1. The first kappa shape index (κ1) is 19.8. The van der Waals surface area contributed by atoms with Crippen LogP contribution in [0, 0.1) is 0 Å². The number of hydrogen-bond acceptors (Lipinski definition) is 7. The summed E-state index contributed by atoms with van der Waals surface area (Å²) in [6, 6.07) is 13.6. The van der Waals surface area contributed by atoms with Crippen molar-refractivity contribution in [1.29, 1.82) is 0 Å². The van der Waals surface area contributed by atoms with Gasteiger partial charge in [-0.15, -0.1) is 0 Å². The molecule has 0 heterocycles. The molecular formula is C14H14N3NaO4S. The second-order valence-corrected chi connectivity index (χ2v) is 5.30. The molecule has 2 aromatic carbocycles. The maximum Gasteiger partial charge on any atom is 1.00 e. The Balaban J connectivity index is 0.00000264. The molecular weight excluding hydrogens is 329 g/mol. The van der Waals surface area contributed by atoms with E-state index in [-0.39, 0.29) is 35.3 Å². The number of nitrogens with zero attached hydrogens (tertiary/aromatic N) is 2. The standard InChI is InChI=1S/C14H15N3O4S.Na/c1-15-10-16-17-13-6-2-11(3-7-13)12-4-8-14(9-5-12)21-22(18,19)20;/h2-9,15H,10H2,1H3,(H,18,19,20);/q;+1/p-1. The molecule has 0 unspecified atom stereocenters. The summed E-state index contributed by atoms with van der Waals surface area (Å²) < 4.78 is 35.7. The maximum absolute atomic E-state index is 10.5. The van der Waals surface area contributed by atoms with Crippen molar-refractivity contribution < 1.29 is 46.7 Å². The van der Waals surface area contributed by atoms with Crippen molar-refractivity contribution >= 4 is 16.1 Å². The number of rotatable bonds is 6. The average molecular weight is 343 g/mol. The molecule has 2 rings (SSSR count). The van der Waals surface area contributed by atoms with Gasteiger partial charge in [0.25, 0.3) is 10.4 Å². The molecule has 0 aliphatic heterocycles. The number of azo groups is 1. The molecule has 0 amide bonds. The summed E-state index contributed by atoms with van der Waals surface area (Å²) in [5.74, 6) is -0.0174. The molecule has 116 valence electrons. The van der Waals surface area contributed by atoms with Gasteiger partial charge in [-0.1, -0.05) is 24.3 Å². The van der Waals surface area contributed by atoms with Crippen LogP contribution < -0.4 is 39.1 Å². The summed E-state index contributed by atoms with van der Waals surface area (Å²) in [5.41, 5.74) is 2.51. The fourth-order valence-corrected chi connectivity index (χ4v) is 2.08. The summed E-state index contributed by atoms with van der Waals surface area (Å²) in [7, 11) is -2.96. The fraction of sp³-hybridized carbons (Fsp3) is 0.143. The normalized spacial score (nSPS) is 11.2. The van der Waals surface area contributed by atoms with E-state index in [0.29, 0.717) is 6.67 Å². The molecule has 0 atom stereocenters. The quantitative estimate of drug-likeness (QED) is 0.328. The largest absolute Gasteiger partial charge is 1.00 e. The Labute approximate surface area is 157 Å². The van der Waals surface area contributed by atoms with Crippen molar-refractivity contribution in [3.05, 3.63) is 48.5 Å². The molecule has 0 saturated carbocycles. The zero-order valence-corrected chi connectivity index (χ0v) is 15.6. The van der Waals surface area contributed by atoms with Crippen molar-refractivity contribution in [2.24, 2.45) is 10.2 Å². The Morgan fingerprint density at radius 2 is 1.57 bits per heavy atom. The third kappa shape index (κ3) is 6.78. The monoisotopic (exact) mass is 343 g/mol. The molecule has 7 nitrogen and oxygen atoms in total. The first-order chi connectivity index (χ1) is 10.5. The van der Waals surface area contributed by atoms with E-state index in [9.17, 15) is 13.0 Å². The van der Waals surface area contributed by atoms with Gasteiger partial charge < -0.3 is 8.74 Å². The maximum atomic E-state index is 10.5. The second kappa shape index (κ2) is 9.11. The number of nitrogens with one attached hydrogen (secondary N) is 1. The molecule has 0 spiro atoms. The molecule has 0 fully saturated rings. The van der Waals surface area contributed by atoms with Crippen molar-refractivity contribution in [2.45, 2.75) is 0 Å². The fourth-order valence-electron chi connectivity index (χ4n) is 1.73. The van der Waals surface area contributed by atoms with Crippen LogP contribution in [0.2, 0.25) is 0 Å². The van der Waals surface area contributed by atoms with E-state index in [1.165, 1.54) is 12.1 Å². The van der Waals surface area contributed by atoms with Crippen LogP contribution >= 0.6 is 0 Å². The van der Waals surface area contributed by atoms with Gasteiger partial charge >= 0.3 is 29.6 Å². The zero-order valence-electron chi connectivity index (χ0n) is 12.8. The van der Waals surface area contributed by atoms with Gasteiger partial charge in [0.05, 0.1) is 5.69 Å². The van der Waals surface area contributed by atoms with Gasteiger partial charge in [-0.25, -0.2) is 8.42 Å². The molecule has 0 bridgehead atoms. The minimum atomic E-state index is -4.75. The summed E-state index contributed by atoms with van der Waals surface area (Å²) in [6.07, 6.45) is 0. The smallest absolute Gasteiger partial charge is 0.716 e. The van der Waals surface area contributed by atoms with Gasteiger partial charge in [-0.05, 0) is 42.4 Å². The van der Waals surface area contributed by atoms with Crippen molar-refractivity contribution in [1.82, 2.24) is 5.32 Å². The van der Waals surface area contributed by atoms with E-state index in [0.717, 1.165) is 16.8 Å². The zero-order chi connectivity index (χ0) is 16.0. The molecule has 0 aliphatic rings. The Morgan fingerprint density at radius 3 is 2.04 bits per heavy atom. The van der Waals surface area contributed by atoms with Crippen LogP contribution in [0.15, 0.2) is 58.8 Å². The van der Waals surface area contributed by atoms with Crippen LogP contribution in [0.3, 0.4) is 0 Å². The predicted octanol–water partition coefficient (Wildman–Crippen LogP) is -0.543. The summed E-state index contributed by atoms with van der Waals surface area (Å²) in [6.45, 7) is 0.450. The Hall–Kier alpha value is -1.29. The van der Waals surface area contributed by atoms with Gasteiger partial charge in [0.15, 0.2) is 0 Å². The Bertz CT molecular complexity index is 747. The van der Waals surface area contributed by atoms with Gasteiger partial charge in [0, 0.05) is 0 Å². The number of benzene rings is 2. The molecule has 23 heavy (non-hydrogen) atoms. The van der Waals surface area contributed by atoms with Crippen molar-refractivity contribution in [3.8, 4) is 16.9 Å². The molecule has 9 heteroatoms. The third-order valence-corrected chi connectivity index (χ3v) is 3.06. The minimum absolute atomic E-state index is 0. The van der Waals surface area contributed by atoms with E-state index in [1.807, 2.05) is 24.3 Å². The van der Waals surface area contributed by atoms with Crippen molar-refractivity contribution in [2.75, 3.05) is 13.7 Å². The van der Waals surface area contributed by atoms with E-state index in [1.54, 1.807) is 19.2 Å². The van der Waals surface area contributed by atoms with Crippen LogP contribution in [-0.2, 0) is 10.4 Å². The average Bonchev–Trinajstić information content (AvgIpc) is 2.48. The van der Waals surface area contributed by atoms with Crippen LogP contribution in [0.5, 0.6) is 5.75 Å². The van der Waals surface area contributed by atoms with Crippen molar-refractivity contribution in [3.63, 3.8) is 0 Å². The van der Waals surface area contributed by atoms with Crippen LogP contribution in [-0.4, -0.2) is 26.7 Å². The first-order valence-corrected chi connectivity index (χ1v) is 7.69. The summed E-state index contributed by atoms with van der Waals surface area (Å²) >= 11 is 0. The van der Waals surface area contributed by atoms with Gasteiger partial charge in [-0.2, -0.15) is 10.2 Å². The molecule has 0 aromatic heterocycles. The van der Waals surface area contributed by atoms with Gasteiger partial charge in [-0.3, -0.25) is 5.32 Å². The van der Waals surface area contributed by atoms with Gasteiger partial charge in [0.1, 0.15) is 12.4 Å². The van der Waals surface area contributed by atoms with Crippen LogP contribution in [0.25, 0.3) is 11.1 Å². The molecule has 2 aromatic rings. The van der Waals surface area contributed by atoms with E-state index >= 15 is 0 Å². The van der Waals surface area contributed by atoms with Crippen LogP contribution in [0.4, 0.5) is 5.69 Å². The van der Waals surface area contributed by atoms with E-state index < -0.39 is 10.4 Å². The second-order valence-electron chi connectivity index (χ2n) is 4.32. The Morgan fingerprint density at radius 1 is 1.04 bits per heavy atom. The first-order valence-electron chi connectivity index (χ1n) is 6.36. The topological polar surface area (TPSA) is 103 Å². The summed E-state index contributed by atoms with van der Waals surface area (Å²) in [5, 5.41) is 10.8. The van der Waals surface area contributed by atoms with Gasteiger partial charge in [0.2, 0.25) is 0 Å². The van der Waals surface area contributed by atoms with E-state index in [2.05, 4.69) is 19.7 Å². The predicted molar refractivity (Wildman–Crippen MR) is 80.6 cm³/mol. The summed E-state index contributed by atoms with van der Waals surface area (Å²) in [4.78, 5) is 0.